The first kappa shape index (κ1) is 14.1. The van der Waals surface area contributed by atoms with Gasteiger partial charge in [-0.15, -0.1) is 0 Å². The normalized spacial score (nSPS) is 11.6. The standard InChI is InChI=1S/C12H7Cl2F3N2/c13-10-8(11(14)19-6-18-10)5-7-3-1-2-4-9(7)12(15,16)17/h1-4,6H,5H2. The summed E-state index contributed by atoms with van der Waals surface area (Å²) in [5, 5.41) is 0.106. The predicted octanol–water partition coefficient (Wildman–Crippen LogP) is 4.39. The number of aromatic nitrogens is 2. The largest absolute Gasteiger partial charge is 0.416 e. The van der Waals surface area contributed by atoms with Crippen LogP contribution in [-0.4, -0.2) is 9.97 Å². The third kappa shape index (κ3) is 3.16. The van der Waals surface area contributed by atoms with Crippen LogP contribution in [0.2, 0.25) is 10.3 Å². The molecule has 1 aromatic heterocycles. The minimum Gasteiger partial charge on any atom is -0.224 e. The van der Waals surface area contributed by atoms with E-state index >= 15 is 0 Å². The molecule has 19 heavy (non-hydrogen) atoms. The number of hydrogen-bond acceptors (Lipinski definition) is 2. The smallest absolute Gasteiger partial charge is 0.224 e. The third-order valence-corrected chi connectivity index (χ3v) is 3.18. The molecule has 0 saturated carbocycles. The Labute approximate surface area is 117 Å². The topological polar surface area (TPSA) is 25.8 Å². The van der Waals surface area contributed by atoms with Crippen molar-refractivity contribution < 1.29 is 13.2 Å². The number of halogens is 5. The van der Waals surface area contributed by atoms with Crippen molar-refractivity contribution in [1.82, 2.24) is 9.97 Å². The highest BCUT2D eigenvalue weighted by molar-refractivity contribution is 6.34. The number of rotatable bonds is 2. The van der Waals surface area contributed by atoms with Gasteiger partial charge in [-0.1, -0.05) is 41.4 Å². The molecule has 2 aromatic rings. The van der Waals surface area contributed by atoms with Crippen LogP contribution >= 0.6 is 23.2 Å². The second-order valence-electron chi connectivity index (χ2n) is 3.77. The lowest BCUT2D eigenvalue weighted by atomic mass is 10.0. The molecule has 0 fully saturated rings. The third-order valence-electron chi connectivity index (χ3n) is 2.53. The van der Waals surface area contributed by atoms with Crippen LogP contribution in [0.15, 0.2) is 30.6 Å². The Morgan fingerprint density at radius 1 is 1.00 bits per heavy atom. The van der Waals surface area contributed by atoms with E-state index in [4.69, 9.17) is 23.2 Å². The van der Waals surface area contributed by atoms with Crippen molar-refractivity contribution in [3.63, 3.8) is 0 Å². The SMILES string of the molecule is FC(F)(F)c1ccccc1Cc1c(Cl)ncnc1Cl. The lowest BCUT2D eigenvalue weighted by Gasteiger charge is -2.13. The first-order valence-electron chi connectivity index (χ1n) is 5.19. The molecular formula is C12H7Cl2F3N2. The van der Waals surface area contributed by atoms with Crippen molar-refractivity contribution in [3.05, 3.63) is 57.6 Å². The van der Waals surface area contributed by atoms with Crippen LogP contribution in [0, 0.1) is 0 Å². The summed E-state index contributed by atoms with van der Waals surface area (Å²) in [6, 6.07) is 5.25. The average Bonchev–Trinajstić information content (AvgIpc) is 2.33. The van der Waals surface area contributed by atoms with E-state index in [1.807, 2.05) is 0 Å². The van der Waals surface area contributed by atoms with E-state index in [0.717, 1.165) is 12.4 Å². The molecule has 0 radical (unpaired) electrons. The highest BCUT2D eigenvalue weighted by atomic mass is 35.5. The van der Waals surface area contributed by atoms with Gasteiger partial charge in [0.05, 0.1) is 5.56 Å². The second-order valence-corrected chi connectivity index (χ2v) is 4.48. The fourth-order valence-corrected chi connectivity index (χ4v) is 2.11. The van der Waals surface area contributed by atoms with Gasteiger partial charge in [0.15, 0.2) is 0 Å². The van der Waals surface area contributed by atoms with Gasteiger partial charge >= 0.3 is 6.18 Å². The molecule has 2 rings (SSSR count). The van der Waals surface area contributed by atoms with E-state index in [1.54, 1.807) is 0 Å². The summed E-state index contributed by atoms with van der Waals surface area (Å²) < 4.78 is 38.6. The van der Waals surface area contributed by atoms with E-state index in [0.29, 0.717) is 0 Å². The number of hydrogen-bond donors (Lipinski definition) is 0. The molecule has 0 N–H and O–H groups in total. The van der Waals surface area contributed by atoms with Gasteiger partial charge in [0, 0.05) is 12.0 Å². The summed E-state index contributed by atoms with van der Waals surface area (Å²) in [6.45, 7) is 0. The van der Waals surface area contributed by atoms with Crippen LogP contribution in [0.25, 0.3) is 0 Å². The van der Waals surface area contributed by atoms with Gasteiger partial charge in [-0.25, -0.2) is 9.97 Å². The van der Waals surface area contributed by atoms with Crippen molar-refractivity contribution in [1.29, 1.82) is 0 Å². The van der Waals surface area contributed by atoms with Crippen molar-refractivity contribution in [2.75, 3.05) is 0 Å². The Morgan fingerprint density at radius 3 is 2.16 bits per heavy atom. The predicted molar refractivity (Wildman–Crippen MR) is 66.3 cm³/mol. The average molecular weight is 307 g/mol. The fourth-order valence-electron chi connectivity index (χ4n) is 1.66. The minimum atomic E-state index is -4.43. The molecule has 0 unspecified atom stereocenters. The van der Waals surface area contributed by atoms with E-state index in [-0.39, 0.29) is 27.9 Å². The van der Waals surface area contributed by atoms with Crippen LogP contribution in [0.5, 0.6) is 0 Å². The summed E-state index contributed by atoms with van der Waals surface area (Å²) in [5.74, 6) is 0. The summed E-state index contributed by atoms with van der Waals surface area (Å²) in [7, 11) is 0. The van der Waals surface area contributed by atoms with Crippen molar-refractivity contribution >= 4 is 23.2 Å². The van der Waals surface area contributed by atoms with E-state index in [1.165, 1.54) is 18.2 Å². The Hall–Kier alpha value is -1.33. The molecule has 0 aliphatic rings. The van der Waals surface area contributed by atoms with Crippen molar-refractivity contribution in [3.8, 4) is 0 Å². The van der Waals surface area contributed by atoms with Gasteiger partial charge in [-0.2, -0.15) is 13.2 Å². The maximum Gasteiger partial charge on any atom is 0.416 e. The molecule has 0 bridgehead atoms. The zero-order valence-electron chi connectivity index (χ0n) is 9.38. The van der Waals surface area contributed by atoms with Gasteiger partial charge in [0.2, 0.25) is 0 Å². The quantitative estimate of drug-likeness (QED) is 0.769. The van der Waals surface area contributed by atoms with Crippen LogP contribution in [0.4, 0.5) is 13.2 Å². The first-order valence-corrected chi connectivity index (χ1v) is 5.95. The van der Waals surface area contributed by atoms with Gasteiger partial charge < -0.3 is 0 Å². The summed E-state index contributed by atoms with van der Waals surface area (Å²) in [6.07, 6.45) is -3.34. The lowest BCUT2D eigenvalue weighted by molar-refractivity contribution is -0.138. The second kappa shape index (κ2) is 5.35. The zero-order valence-corrected chi connectivity index (χ0v) is 10.9. The molecule has 1 heterocycles. The number of benzene rings is 1. The molecule has 2 nitrogen and oxygen atoms in total. The zero-order chi connectivity index (χ0) is 14.0. The Kier molecular flexibility index (Phi) is 3.96. The molecule has 7 heteroatoms. The molecule has 0 aliphatic heterocycles. The number of alkyl halides is 3. The first-order chi connectivity index (χ1) is 8.89. The molecule has 0 amide bonds. The monoisotopic (exact) mass is 306 g/mol. The maximum absolute atomic E-state index is 12.9. The molecule has 0 saturated heterocycles. The Bertz CT molecular complexity index is 580. The molecule has 0 atom stereocenters. The van der Waals surface area contributed by atoms with Crippen LogP contribution in [0.3, 0.4) is 0 Å². The Balaban J connectivity index is 2.45. The molecule has 0 aliphatic carbocycles. The highest BCUT2D eigenvalue weighted by Crippen LogP contribution is 2.34. The maximum atomic E-state index is 12.9. The molecule has 100 valence electrons. The van der Waals surface area contributed by atoms with Gasteiger partial charge in [0.25, 0.3) is 0 Å². The van der Waals surface area contributed by atoms with Gasteiger partial charge in [-0.05, 0) is 11.6 Å². The molecular weight excluding hydrogens is 300 g/mol. The molecule has 0 spiro atoms. The fraction of sp³-hybridized carbons (Fsp3) is 0.167. The van der Waals surface area contributed by atoms with E-state index in [2.05, 4.69) is 9.97 Å². The van der Waals surface area contributed by atoms with Crippen molar-refractivity contribution in [2.45, 2.75) is 12.6 Å². The van der Waals surface area contributed by atoms with Crippen LogP contribution in [0.1, 0.15) is 16.7 Å². The van der Waals surface area contributed by atoms with E-state index in [9.17, 15) is 13.2 Å². The lowest BCUT2D eigenvalue weighted by Crippen LogP contribution is -2.09. The summed E-state index contributed by atoms with van der Waals surface area (Å²) >= 11 is 11.7. The van der Waals surface area contributed by atoms with E-state index < -0.39 is 11.7 Å². The summed E-state index contributed by atoms with van der Waals surface area (Å²) in [4.78, 5) is 7.43. The van der Waals surface area contributed by atoms with Crippen molar-refractivity contribution in [2.24, 2.45) is 0 Å². The summed E-state index contributed by atoms with van der Waals surface area (Å²) in [5.41, 5.74) is -0.359. The van der Waals surface area contributed by atoms with Gasteiger partial charge in [-0.3, -0.25) is 0 Å². The Morgan fingerprint density at radius 2 is 1.58 bits per heavy atom. The van der Waals surface area contributed by atoms with Crippen LogP contribution in [-0.2, 0) is 12.6 Å². The number of nitrogens with zero attached hydrogens (tertiary/aromatic N) is 2. The molecule has 1 aromatic carbocycles. The highest BCUT2D eigenvalue weighted by Gasteiger charge is 2.33. The van der Waals surface area contributed by atoms with Gasteiger partial charge in [0.1, 0.15) is 16.6 Å². The minimum absolute atomic E-state index is 0.0528. The van der Waals surface area contributed by atoms with Crippen LogP contribution < -0.4 is 0 Å².